The largest absolute Gasteiger partial charge is 0.497 e. The van der Waals surface area contributed by atoms with Crippen LogP contribution >= 0.6 is 0 Å². The fourth-order valence-electron chi connectivity index (χ4n) is 4.14. The van der Waals surface area contributed by atoms with Crippen LogP contribution in [-0.2, 0) is 27.9 Å². The number of nitrogens with zero attached hydrogens (tertiary/aromatic N) is 1. The number of benzene rings is 3. The maximum absolute atomic E-state index is 13.8. The van der Waals surface area contributed by atoms with Crippen molar-refractivity contribution in [2.45, 2.75) is 43.9 Å². The Morgan fingerprint density at radius 2 is 1.78 bits per heavy atom. The van der Waals surface area contributed by atoms with E-state index in [2.05, 4.69) is 12.2 Å². The van der Waals surface area contributed by atoms with Gasteiger partial charge in [0.15, 0.2) is 0 Å². The van der Waals surface area contributed by atoms with Crippen LogP contribution in [0, 0.1) is 0 Å². The molecule has 36 heavy (non-hydrogen) atoms. The van der Waals surface area contributed by atoms with Crippen LogP contribution in [0.2, 0.25) is 0 Å². The Morgan fingerprint density at radius 3 is 2.50 bits per heavy atom. The quantitative estimate of drug-likeness (QED) is 0.388. The van der Waals surface area contributed by atoms with E-state index in [1.54, 1.807) is 19.2 Å². The number of hydrogen-bond acceptors (Lipinski definition) is 6. The van der Waals surface area contributed by atoms with Crippen molar-refractivity contribution in [3.05, 3.63) is 83.9 Å². The third kappa shape index (κ3) is 6.37. The molecule has 0 amide bonds. The fourth-order valence-corrected chi connectivity index (χ4v) is 5.92. The number of anilines is 1. The number of nitrogens with one attached hydrogen (secondary N) is 1. The molecule has 8 heteroatoms. The van der Waals surface area contributed by atoms with Crippen molar-refractivity contribution in [1.29, 1.82) is 0 Å². The van der Waals surface area contributed by atoms with Gasteiger partial charge in [0.25, 0.3) is 0 Å². The summed E-state index contributed by atoms with van der Waals surface area (Å²) in [7, 11) is -2.15. The van der Waals surface area contributed by atoms with Gasteiger partial charge in [-0.05, 0) is 41.8 Å². The maximum atomic E-state index is 13.8. The van der Waals surface area contributed by atoms with Gasteiger partial charge in [-0.1, -0.05) is 61.9 Å². The summed E-state index contributed by atoms with van der Waals surface area (Å²) in [6.45, 7) is 3.92. The zero-order valence-corrected chi connectivity index (χ0v) is 21.7. The molecule has 0 saturated carbocycles. The second-order valence-electron chi connectivity index (χ2n) is 8.79. The molecule has 3 aromatic rings. The highest BCUT2D eigenvalue weighted by Gasteiger charge is 2.36. The molecule has 0 bridgehead atoms. The van der Waals surface area contributed by atoms with Crippen molar-refractivity contribution in [2.75, 3.05) is 32.1 Å². The van der Waals surface area contributed by atoms with Gasteiger partial charge in [0, 0.05) is 13.1 Å². The Morgan fingerprint density at radius 1 is 1.00 bits per heavy atom. The summed E-state index contributed by atoms with van der Waals surface area (Å²) in [5.74, 6) is 1.12. The van der Waals surface area contributed by atoms with Crippen molar-refractivity contribution in [2.24, 2.45) is 0 Å². The van der Waals surface area contributed by atoms with Gasteiger partial charge < -0.3 is 19.5 Å². The number of rotatable bonds is 11. The second-order valence-corrected chi connectivity index (χ2v) is 10.7. The molecule has 1 aliphatic rings. The average Bonchev–Trinajstić information content (AvgIpc) is 3.00. The molecule has 0 aromatic heterocycles. The average molecular weight is 511 g/mol. The first kappa shape index (κ1) is 26.0. The van der Waals surface area contributed by atoms with E-state index in [9.17, 15) is 8.42 Å². The van der Waals surface area contributed by atoms with Crippen LogP contribution in [0.15, 0.2) is 77.7 Å². The van der Waals surface area contributed by atoms with Crippen LogP contribution in [0.25, 0.3) is 0 Å². The van der Waals surface area contributed by atoms with Crippen molar-refractivity contribution in [1.82, 2.24) is 4.31 Å². The Bertz CT molecular complexity index is 1220. The molecular formula is C28H34N2O5S. The van der Waals surface area contributed by atoms with Crippen molar-refractivity contribution in [3.8, 4) is 11.5 Å². The molecule has 0 saturated heterocycles. The highest BCUT2D eigenvalue weighted by atomic mass is 32.2. The third-order valence-electron chi connectivity index (χ3n) is 6.10. The van der Waals surface area contributed by atoms with Crippen molar-refractivity contribution in [3.63, 3.8) is 0 Å². The van der Waals surface area contributed by atoms with E-state index in [-0.39, 0.29) is 18.0 Å². The maximum Gasteiger partial charge on any atom is 0.248 e. The summed E-state index contributed by atoms with van der Waals surface area (Å²) in [4.78, 5) is 0.181. The lowest BCUT2D eigenvalue weighted by molar-refractivity contribution is 0.0340. The molecule has 0 fully saturated rings. The lowest BCUT2D eigenvalue weighted by atomic mass is 10.2. The molecule has 7 nitrogen and oxygen atoms in total. The van der Waals surface area contributed by atoms with Gasteiger partial charge in [-0.15, -0.1) is 0 Å². The third-order valence-corrected chi connectivity index (χ3v) is 8.04. The summed E-state index contributed by atoms with van der Waals surface area (Å²) < 4.78 is 46.6. The molecule has 0 spiro atoms. The monoisotopic (exact) mass is 510 g/mol. The number of fused-ring (bicyclic) bond motifs is 1. The fraction of sp³-hybridized carbons (Fsp3) is 0.357. The van der Waals surface area contributed by atoms with E-state index in [1.165, 1.54) is 4.31 Å². The number of sulfonamides is 1. The Labute approximate surface area is 214 Å². The first-order valence-electron chi connectivity index (χ1n) is 12.3. The van der Waals surface area contributed by atoms with Crippen molar-refractivity contribution < 1.29 is 22.6 Å². The van der Waals surface area contributed by atoms with Gasteiger partial charge in [-0.25, -0.2) is 8.42 Å². The van der Waals surface area contributed by atoms with E-state index < -0.39 is 16.1 Å². The summed E-state index contributed by atoms with van der Waals surface area (Å²) in [6.07, 6.45) is 1.25. The molecule has 1 heterocycles. The number of unbranched alkanes of at least 4 members (excludes halogenated alkanes) is 1. The van der Waals surface area contributed by atoms with Gasteiger partial charge in [-0.2, -0.15) is 4.31 Å². The Hall–Kier alpha value is -3.07. The van der Waals surface area contributed by atoms with Gasteiger partial charge in [-0.3, -0.25) is 0 Å². The minimum Gasteiger partial charge on any atom is -0.497 e. The topological polar surface area (TPSA) is 77.1 Å². The van der Waals surface area contributed by atoms with Crippen LogP contribution < -0.4 is 14.8 Å². The number of hydrogen-bond donors (Lipinski definition) is 1. The van der Waals surface area contributed by atoms with Gasteiger partial charge in [0.1, 0.15) is 22.5 Å². The molecule has 3 aromatic carbocycles. The zero-order valence-electron chi connectivity index (χ0n) is 20.9. The summed E-state index contributed by atoms with van der Waals surface area (Å²) in [6, 6.07) is 22.9. The number of methoxy groups -OCH3 is 1. The summed E-state index contributed by atoms with van der Waals surface area (Å²) in [5.41, 5.74) is 2.60. The van der Waals surface area contributed by atoms with Gasteiger partial charge >= 0.3 is 0 Å². The van der Waals surface area contributed by atoms with Crippen LogP contribution in [0.5, 0.6) is 11.5 Å². The SMILES string of the molecule is CCCCN1CC(COCc2ccccc2)Oc2cccc(NCc3ccc(OC)cc3)c2S1(=O)=O. The Kier molecular flexibility index (Phi) is 8.85. The van der Waals surface area contributed by atoms with Gasteiger partial charge in [0.05, 0.1) is 32.6 Å². The lowest BCUT2D eigenvalue weighted by Crippen LogP contribution is -2.39. The molecular weight excluding hydrogens is 476 g/mol. The zero-order chi connectivity index (χ0) is 25.4. The molecule has 0 radical (unpaired) electrons. The Balaban J connectivity index is 1.56. The minimum absolute atomic E-state index is 0.181. The van der Waals surface area contributed by atoms with Crippen LogP contribution in [0.1, 0.15) is 30.9 Å². The van der Waals surface area contributed by atoms with Crippen LogP contribution in [0.3, 0.4) is 0 Å². The minimum atomic E-state index is -3.78. The van der Waals surface area contributed by atoms with E-state index in [0.29, 0.717) is 31.1 Å². The molecule has 1 atom stereocenters. The molecule has 1 unspecified atom stereocenters. The standard InChI is InChI=1S/C28H34N2O5S/c1-3-4-17-30-19-25(21-34-20-23-9-6-5-7-10-23)35-27-12-8-11-26(28(27)36(30,31)32)29-18-22-13-15-24(33-2)16-14-22/h5-16,25,29H,3-4,17-21H2,1-2H3. The van der Waals surface area contributed by atoms with Crippen molar-refractivity contribution >= 4 is 15.7 Å². The van der Waals surface area contributed by atoms with E-state index in [4.69, 9.17) is 14.2 Å². The van der Waals surface area contributed by atoms with E-state index in [0.717, 1.165) is 29.7 Å². The molecule has 192 valence electrons. The molecule has 1 N–H and O–H groups in total. The molecule has 4 rings (SSSR count). The van der Waals surface area contributed by atoms with Gasteiger partial charge in [0.2, 0.25) is 10.0 Å². The first-order valence-corrected chi connectivity index (χ1v) is 13.7. The summed E-state index contributed by atoms with van der Waals surface area (Å²) in [5, 5.41) is 3.31. The van der Waals surface area contributed by atoms with E-state index in [1.807, 2.05) is 60.7 Å². The number of ether oxygens (including phenoxy) is 3. The highest BCUT2D eigenvalue weighted by molar-refractivity contribution is 7.89. The van der Waals surface area contributed by atoms with Crippen LogP contribution in [-0.4, -0.2) is 45.6 Å². The molecule has 0 aliphatic carbocycles. The molecule has 1 aliphatic heterocycles. The van der Waals surface area contributed by atoms with Crippen LogP contribution in [0.4, 0.5) is 5.69 Å². The normalized spacial score (nSPS) is 17.0. The summed E-state index contributed by atoms with van der Waals surface area (Å²) >= 11 is 0. The highest BCUT2D eigenvalue weighted by Crippen LogP contribution is 2.37. The predicted molar refractivity (Wildman–Crippen MR) is 141 cm³/mol. The predicted octanol–water partition coefficient (Wildman–Crippen LogP) is 5.08. The van der Waals surface area contributed by atoms with E-state index >= 15 is 0 Å². The first-order chi connectivity index (χ1) is 17.5. The second kappa shape index (κ2) is 12.3. The smallest absolute Gasteiger partial charge is 0.248 e. The lowest BCUT2D eigenvalue weighted by Gasteiger charge is -2.23.